The predicted molar refractivity (Wildman–Crippen MR) is 78.8 cm³/mol. The number of nitrogens with one attached hydrogen (secondary N) is 1. The van der Waals surface area contributed by atoms with Gasteiger partial charge in [-0.05, 0) is 45.7 Å². The van der Waals surface area contributed by atoms with Crippen LogP contribution in [0.15, 0.2) is 24.4 Å². The van der Waals surface area contributed by atoms with Crippen molar-refractivity contribution in [2.45, 2.75) is 39.2 Å². The molecule has 0 aromatic carbocycles. The lowest BCUT2D eigenvalue weighted by molar-refractivity contribution is -0.142. The van der Waals surface area contributed by atoms with Crippen molar-refractivity contribution in [3.63, 3.8) is 0 Å². The number of carbonyl (C=O) groups excluding carboxylic acids is 2. The molecule has 1 N–H and O–H groups in total. The Kier molecular flexibility index (Phi) is 6.14. The number of aromatic nitrogens is 1. The van der Waals surface area contributed by atoms with Gasteiger partial charge in [0, 0.05) is 6.20 Å². The summed E-state index contributed by atoms with van der Waals surface area (Å²) < 4.78 is 9.49. The Morgan fingerprint density at radius 3 is 2.33 bits per heavy atom. The first-order valence-corrected chi connectivity index (χ1v) is 6.80. The summed E-state index contributed by atoms with van der Waals surface area (Å²) in [6.07, 6.45) is 3.18. The molecule has 1 aliphatic carbocycles. The van der Waals surface area contributed by atoms with Crippen molar-refractivity contribution in [2.75, 3.05) is 12.4 Å². The van der Waals surface area contributed by atoms with Crippen LogP contribution >= 0.6 is 0 Å². The van der Waals surface area contributed by atoms with Gasteiger partial charge in [-0.2, -0.15) is 0 Å². The molecule has 1 fully saturated rings. The predicted octanol–water partition coefficient (Wildman–Crippen LogP) is 3.00. The summed E-state index contributed by atoms with van der Waals surface area (Å²) in [5.41, 5.74) is -0.487. The van der Waals surface area contributed by atoms with Crippen LogP contribution in [0, 0.1) is 5.92 Å². The van der Waals surface area contributed by atoms with Crippen molar-refractivity contribution >= 4 is 17.9 Å². The van der Waals surface area contributed by atoms with E-state index in [0.717, 1.165) is 12.8 Å². The quantitative estimate of drug-likeness (QED) is 0.848. The number of pyridine rings is 1. The summed E-state index contributed by atoms with van der Waals surface area (Å²) in [5, 5.41) is 2.53. The lowest BCUT2D eigenvalue weighted by atomic mass is 10.2. The van der Waals surface area contributed by atoms with Gasteiger partial charge >= 0.3 is 12.1 Å². The molecule has 0 bridgehead atoms. The SMILES string of the molecule is CC(C)(C)OC(=O)Nc1ccccn1.COC(=O)C1CC1. The number of hydrogen-bond acceptors (Lipinski definition) is 5. The molecular formula is C15H22N2O4. The van der Waals surface area contributed by atoms with Crippen LogP contribution in [0.2, 0.25) is 0 Å². The zero-order valence-electron chi connectivity index (χ0n) is 12.9. The fraction of sp³-hybridized carbons (Fsp3) is 0.533. The van der Waals surface area contributed by atoms with Crippen molar-refractivity contribution in [2.24, 2.45) is 5.92 Å². The summed E-state index contributed by atoms with van der Waals surface area (Å²) in [7, 11) is 1.43. The largest absolute Gasteiger partial charge is 0.469 e. The average molecular weight is 294 g/mol. The van der Waals surface area contributed by atoms with Gasteiger partial charge in [-0.1, -0.05) is 6.07 Å². The van der Waals surface area contributed by atoms with Crippen molar-refractivity contribution in [1.29, 1.82) is 0 Å². The Labute approximate surface area is 124 Å². The van der Waals surface area contributed by atoms with Crippen LogP contribution in [-0.2, 0) is 14.3 Å². The number of amides is 1. The van der Waals surface area contributed by atoms with E-state index in [4.69, 9.17) is 4.74 Å². The number of rotatable bonds is 2. The minimum atomic E-state index is -0.490. The molecule has 6 nitrogen and oxygen atoms in total. The van der Waals surface area contributed by atoms with Crippen molar-refractivity contribution < 1.29 is 19.1 Å². The number of methoxy groups -OCH3 is 1. The summed E-state index contributed by atoms with van der Waals surface area (Å²) in [5.74, 6) is 0.701. The van der Waals surface area contributed by atoms with Gasteiger partial charge in [0.1, 0.15) is 11.4 Å². The molecule has 1 aliphatic rings. The van der Waals surface area contributed by atoms with Gasteiger partial charge in [0.15, 0.2) is 0 Å². The molecule has 1 heterocycles. The van der Waals surface area contributed by atoms with Crippen LogP contribution in [0.3, 0.4) is 0 Å². The molecule has 1 aromatic heterocycles. The molecule has 21 heavy (non-hydrogen) atoms. The molecule has 0 saturated heterocycles. The highest BCUT2D eigenvalue weighted by Crippen LogP contribution is 2.29. The second kappa shape index (κ2) is 7.61. The first-order valence-electron chi connectivity index (χ1n) is 6.80. The maximum absolute atomic E-state index is 11.3. The molecule has 0 spiro atoms. The van der Waals surface area contributed by atoms with Gasteiger partial charge in [-0.3, -0.25) is 10.1 Å². The standard InChI is InChI=1S/C10H14N2O2.C5H8O2/c1-10(2,3)14-9(13)12-8-6-4-5-7-11-8;1-7-5(6)4-2-3-4/h4-7H,1-3H3,(H,11,12,13);4H,2-3H2,1H3. The Hall–Kier alpha value is -2.11. The molecule has 0 radical (unpaired) electrons. The molecule has 0 atom stereocenters. The molecule has 1 aromatic rings. The van der Waals surface area contributed by atoms with Gasteiger partial charge in [0.05, 0.1) is 13.0 Å². The van der Waals surface area contributed by atoms with E-state index in [-0.39, 0.29) is 11.9 Å². The van der Waals surface area contributed by atoms with E-state index in [2.05, 4.69) is 15.0 Å². The van der Waals surface area contributed by atoms with Crippen LogP contribution in [0.1, 0.15) is 33.6 Å². The number of ether oxygens (including phenoxy) is 2. The highest BCUT2D eigenvalue weighted by molar-refractivity contribution is 5.83. The van der Waals surface area contributed by atoms with Crippen LogP contribution in [0.25, 0.3) is 0 Å². The lowest BCUT2D eigenvalue weighted by Gasteiger charge is -2.19. The Balaban J connectivity index is 0.000000262. The monoisotopic (exact) mass is 294 g/mol. The van der Waals surface area contributed by atoms with Gasteiger partial charge in [0.2, 0.25) is 0 Å². The highest BCUT2D eigenvalue weighted by Gasteiger charge is 2.30. The number of nitrogens with zero attached hydrogens (tertiary/aromatic N) is 1. The topological polar surface area (TPSA) is 77.5 Å². The zero-order valence-corrected chi connectivity index (χ0v) is 12.9. The average Bonchev–Trinajstić information content (AvgIpc) is 3.21. The Morgan fingerprint density at radius 1 is 1.29 bits per heavy atom. The van der Waals surface area contributed by atoms with Crippen LogP contribution in [0.4, 0.5) is 10.6 Å². The molecule has 0 unspecified atom stereocenters. The Bertz CT molecular complexity index is 464. The first-order chi connectivity index (χ1) is 9.81. The minimum absolute atomic E-state index is 0.0417. The zero-order chi connectivity index (χ0) is 15.9. The highest BCUT2D eigenvalue weighted by atomic mass is 16.6. The normalized spacial score (nSPS) is 13.5. The van der Waals surface area contributed by atoms with E-state index >= 15 is 0 Å². The summed E-state index contributed by atoms with van der Waals surface area (Å²) in [6, 6.07) is 5.27. The smallest absolute Gasteiger partial charge is 0.413 e. The minimum Gasteiger partial charge on any atom is -0.469 e. The van der Waals surface area contributed by atoms with Gasteiger partial charge in [-0.15, -0.1) is 0 Å². The van der Waals surface area contributed by atoms with E-state index in [1.165, 1.54) is 7.11 Å². The van der Waals surface area contributed by atoms with Crippen LogP contribution < -0.4 is 5.32 Å². The van der Waals surface area contributed by atoms with Gasteiger partial charge in [-0.25, -0.2) is 9.78 Å². The van der Waals surface area contributed by atoms with Gasteiger partial charge in [0.25, 0.3) is 0 Å². The summed E-state index contributed by atoms with van der Waals surface area (Å²) >= 11 is 0. The summed E-state index contributed by atoms with van der Waals surface area (Å²) in [4.78, 5) is 25.5. The third kappa shape index (κ3) is 7.91. The fourth-order valence-electron chi connectivity index (χ4n) is 1.33. The third-order valence-electron chi connectivity index (χ3n) is 2.41. The van der Waals surface area contributed by atoms with E-state index in [1.54, 1.807) is 24.4 Å². The van der Waals surface area contributed by atoms with Crippen molar-refractivity contribution in [3.05, 3.63) is 24.4 Å². The number of esters is 1. The fourth-order valence-corrected chi connectivity index (χ4v) is 1.33. The van der Waals surface area contributed by atoms with E-state index in [0.29, 0.717) is 5.82 Å². The third-order valence-corrected chi connectivity index (χ3v) is 2.41. The number of hydrogen-bond donors (Lipinski definition) is 1. The second-order valence-electron chi connectivity index (χ2n) is 5.64. The molecule has 1 saturated carbocycles. The first kappa shape index (κ1) is 16.9. The Morgan fingerprint density at radius 2 is 1.95 bits per heavy atom. The van der Waals surface area contributed by atoms with E-state index in [9.17, 15) is 9.59 Å². The van der Waals surface area contributed by atoms with E-state index in [1.807, 2.05) is 20.8 Å². The molecule has 2 rings (SSSR count). The molecule has 6 heteroatoms. The molecular weight excluding hydrogens is 272 g/mol. The maximum atomic E-state index is 11.3. The number of carbonyl (C=O) groups is 2. The molecule has 1 amide bonds. The van der Waals surface area contributed by atoms with Crippen molar-refractivity contribution in [1.82, 2.24) is 4.98 Å². The van der Waals surface area contributed by atoms with Crippen molar-refractivity contribution in [3.8, 4) is 0 Å². The second-order valence-corrected chi connectivity index (χ2v) is 5.64. The lowest BCUT2D eigenvalue weighted by Crippen LogP contribution is -2.27. The van der Waals surface area contributed by atoms with Gasteiger partial charge < -0.3 is 9.47 Å². The number of anilines is 1. The van der Waals surface area contributed by atoms with Crippen LogP contribution in [0.5, 0.6) is 0 Å². The molecule has 116 valence electrons. The molecule has 0 aliphatic heterocycles. The maximum Gasteiger partial charge on any atom is 0.413 e. The van der Waals surface area contributed by atoms with E-state index < -0.39 is 11.7 Å². The summed E-state index contributed by atoms with van der Waals surface area (Å²) in [6.45, 7) is 5.43. The van der Waals surface area contributed by atoms with Crippen LogP contribution in [-0.4, -0.2) is 29.8 Å².